The van der Waals surface area contributed by atoms with Crippen LogP contribution in [0.15, 0.2) is 60.9 Å². The molecule has 0 saturated heterocycles. The van der Waals surface area contributed by atoms with Crippen molar-refractivity contribution in [2.75, 3.05) is 12.4 Å². The zero-order chi connectivity index (χ0) is 21.7. The monoisotopic (exact) mass is 425 g/mol. The van der Waals surface area contributed by atoms with Gasteiger partial charge in [-0.05, 0) is 49.7 Å². The Balaban J connectivity index is 1.74. The predicted octanol–water partition coefficient (Wildman–Crippen LogP) is 4.46. The van der Waals surface area contributed by atoms with Crippen LogP contribution in [-0.4, -0.2) is 29.5 Å². The number of amides is 2. The third-order valence-electron chi connectivity index (χ3n) is 4.42. The number of carbonyl (C=O) groups is 2. The van der Waals surface area contributed by atoms with E-state index in [0.717, 1.165) is 11.3 Å². The summed E-state index contributed by atoms with van der Waals surface area (Å²) in [6.07, 6.45) is 4.02. The first-order valence-electron chi connectivity index (χ1n) is 9.58. The molecular formula is C23H24ClN3O3. The fourth-order valence-electron chi connectivity index (χ4n) is 3.04. The standard InChI is InChI=1S/C23H24ClN3O3/c1-15(2)25-22(28)12-16-6-8-17(9-7-16)26-23(29)18-13-19(24)20(14-21(18)30-3)27-10-4-5-11-27/h4-11,13-15H,12H2,1-3H3,(H,25,28)(H,26,29). The molecule has 0 radical (unpaired) electrons. The number of hydrogen-bond acceptors (Lipinski definition) is 3. The minimum absolute atomic E-state index is 0.0380. The van der Waals surface area contributed by atoms with Crippen molar-refractivity contribution in [3.63, 3.8) is 0 Å². The number of hydrogen-bond donors (Lipinski definition) is 2. The lowest BCUT2D eigenvalue weighted by atomic mass is 10.1. The van der Waals surface area contributed by atoms with Crippen molar-refractivity contribution >= 4 is 29.1 Å². The molecule has 2 N–H and O–H groups in total. The Hall–Kier alpha value is -3.25. The van der Waals surface area contributed by atoms with Gasteiger partial charge in [0.15, 0.2) is 0 Å². The molecule has 6 nitrogen and oxygen atoms in total. The van der Waals surface area contributed by atoms with Gasteiger partial charge in [-0.3, -0.25) is 9.59 Å². The molecule has 3 aromatic rings. The number of ether oxygens (including phenoxy) is 1. The first kappa shape index (κ1) is 21.5. The summed E-state index contributed by atoms with van der Waals surface area (Å²) in [5.41, 5.74) is 2.53. The Morgan fingerprint density at radius 2 is 1.77 bits per heavy atom. The summed E-state index contributed by atoms with van der Waals surface area (Å²) < 4.78 is 7.26. The molecular weight excluding hydrogens is 402 g/mol. The molecule has 1 aromatic heterocycles. The molecule has 3 rings (SSSR count). The number of aromatic nitrogens is 1. The third-order valence-corrected chi connectivity index (χ3v) is 4.73. The van der Waals surface area contributed by atoms with E-state index in [2.05, 4.69) is 10.6 Å². The minimum Gasteiger partial charge on any atom is -0.496 e. The number of methoxy groups -OCH3 is 1. The molecule has 156 valence electrons. The maximum absolute atomic E-state index is 12.8. The van der Waals surface area contributed by atoms with E-state index in [4.69, 9.17) is 16.3 Å². The Bertz CT molecular complexity index is 1030. The van der Waals surface area contributed by atoms with Gasteiger partial charge in [0, 0.05) is 30.2 Å². The van der Waals surface area contributed by atoms with Gasteiger partial charge in [-0.1, -0.05) is 23.7 Å². The van der Waals surface area contributed by atoms with Crippen LogP contribution in [0.4, 0.5) is 5.69 Å². The molecule has 0 fully saturated rings. The quantitative estimate of drug-likeness (QED) is 0.587. The summed E-state index contributed by atoms with van der Waals surface area (Å²) in [6, 6.07) is 14.4. The lowest BCUT2D eigenvalue weighted by Crippen LogP contribution is -2.31. The normalized spacial score (nSPS) is 10.7. The molecule has 2 aromatic carbocycles. The lowest BCUT2D eigenvalue weighted by molar-refractivity contribution is -0.120. The SMILES string of the molecule is COc1cc(-n2cccc2)c(Cl)cc1C(=O)Nc1ccc(CC(=O)NC(C)C)cc1. The smallest absolute Gasteiger partial charge is 0.259 e. The van der Waals surface area contributed by atoms with E-state index in [1.54, 1.807) is 24.3 Å². The second-order valence-corrected chi connectivity index (χ2v) is 7.55. The summed E-state index contributed by atoms with van der Waals surface area (Å²) in [7, 11) is 1.51. The van der Waals surface area contributed by atoms with E-state index in [1.807, 2.05) is 55.1 Å². The largest absolute Gasteiger partial charge is 0.496 e. The molecule has 7 heteroatoms. The number of rotatable bonds is 7. The molecule has 0 aliphatic heterocycles. The molecule has 0 unspecified atom stereocenters. The van der Waals surface area contributed by atoms with Crippen molar-refractivity contribution in [1.82, 2.24) is 9.88 Å². The van der Waals surface area contributed by atoms with Crippen LogP contribution in [0, 0.1) is 0 Å². The predicted molar refractivity (Wildman–Crippen MR) is 119 cm³/mol. The highest BCUT2D eigenvalue weighted by Crippen LogP contribution is 2.30. The van der Waals surface area contributed by atoms with Gasteiger partial charge in [-0.25, -0.2) is 0 Å². The molecule has 30 heavy (non-hydrogen) atoms. The summed E-state index contributed by atoms with van der Waals surface area (Å²) in [4.78, 5) is 24.7. The summed E-state index contributed by atoms with van der Waals surface area (Å²) >= 11 is 6.41. The Kier molecular flexibility index (Phi) is 6.79. The van der Waals surface area contributed by atoms with Gasteiger partial charge >= 0.3 is 0 Å². The molecule has 0 aliphatic carbocycles. The van der Waals surface area contributed by atoms with Crippen molar-refractivity contribution in [3.8, 4) is 11.4 Å². The zero-order valence-corrected chi connectivity index (χ0v) is 17.9. The summed E-state index contributed by atoms with van der Waals surface area (Å²) in [5, 5.41) is 6.13. The van der Waals surface area contributed by atoms with E-state index in [-0.39, 0.29) is 24.3 Å². The van der Waals surface area contributed by atoms with Crippen molar-refractivity contribution in [1.29, 1.82) is 0 Å². The van der Waals surface area contributed by atoms with Crippen molar-refractivity contribution in [3.05, 3.63) is 77.1 Å². The van der Waals surface area contributed by atoms with Crippen LogP contribution >= 0.6 is 11.6 Å². The average Bonchev–Trinajstić information content (AvgIpc) is 3.23. The van der Waals surface area contributed by atoms with E-state index in [9.17, 15) is 9.59 Å². The molecule has 2 amide bonds. The Labute approximate surface area is 180 Å². The third kappa shape index (κ3) is 5.21. The number of carbonyl (C=O) groups excluding carboxylic acids is 2. The number of nitrogens with zero attached hydrogens (tertiary/aromatic N) is 1. The van der Waals surface area contributed by atoms with Crippen molar-refractivity contribution in [2.24, 2.45) is 0 Å². The van der Waals surface area contributed by atoms with Crippen LogP contribution in [0.25, 0.3) is 5.69 Å². The second kappa shape index (κ2) is 9.50. The van der Waals surface area contributed by atoms with Crippen LogP contribution in [0.2, 0.25) is 5.02 Å². The molecule has 0 saturated carbocycles. The maximum atomic E-state index is 12.8. The molecule has 0 atom stereocenters. The molecule has 0 bridgehead atoms. The van der Waals surface area contributed by atoms with Crippen LogP contribution < -0.4 is 15.4 Å². The van der Waals surface area contributed by atoms with Gasteiger partial charge in [-0.15, -0.1) is 0 Å². The topological polar surface area (TPSA) is 72.4 Å². The second-order valence-electron chi connectivity index (χ2n) is 7.14. The van der Waals surface area contributed by atoms with Crippen LogP contribution in [0.5, 0.6) is 5.75 Å². The zero-order valence-electron chi connectivity index (χ0n) is 17.1. The minimum atomic E-state index is -0.335. The van der Waals surface area contributed by atoms with E-state index >= 15 is 0 Å². The first-order valence-corrected chi connectivity index (χ1v) is 9.95. The fourth-order valence-corrected chi connectivity index (χ4v) is 3.31. The maximum Gasteiger partial charge on any atom is 0.259 e. The van der Waals surface area contributed by atoms with Crippen LogP contribution in [-0.2, 0) is 11.2 Å². The van der Waals surface area contributed by atoms with Crippen LogP contribution in [0.3, 0.4) is 0 Å². The van der Waals surface area contributed by atoms with Gasteiger partial charge in [0.25, 0.3) is 5.91 Å². The van der Waals surface area contributed by atoms with Gasteiger partial charge in [0.2, 0.25) is 5.91 Å². The van der Waals surface area contributed by atoms with Gasteiger partial charge in [-0.2, -0.15) is 0 Å². The average molecular weight is 426 g/mol. The first-order chi connectivity index (χ1) is 14.4. The number of benzene rings is 2. The number of anilines is 1. The summed E-state index contributed by atoms with van der Waals surface area (Å²) in [6.45, 7) is 3.84. The van der Waals surface area contributed by atoms with E-state index in [0.29, 0.717) is 22.0 Å². The van der Waals surface area contributed by atoms with Gasteiger partial charge in [0.1, 0.15) is 5.75 Å². The number of nitrogens with one attached hydrogen (secondary N) is 2. The molecule has 0 spiro atoms. The molecule has 0 aliphatic rings. The molecule has 1 heterocycles. The highest BCUT2D eigenvalue weighted by Gasteiger charge is 2.17. The van der Waals surface area contributed by atoms with Crippen molar-refractivity contribution in [2.45, 2.75) is 26.3 Å². The number of halogens is 1. The Morgan fingerprint density at radius 3 is 2.37 bits per heavy atom. The summed E-state index contributed by atoms with van der Waals surface area (Å²) in [5.74, 6) is 0.0460. The highest BCUT2D eigenvalue weighted by molar-refractivity contribution is 6.33. The fraction of sp³-hybridized carbons (Fsp3) is 0.217. The van der Waals surface area contributed by atoms with E-state index in [1.165, 1.54) is 7.11 Å². The lowest BCUT2D eigenvalue weighted by Gasteiger charge is -2.14. The van der Waals surface area contributed by atoms with Crippen LogP contribution in [0.1, 0.15) is 29.8 Å². The van der Waals surface area contributed by atoms with E-state index < -0.39 is 0 Å². The highest BCUT2D eigenvalue weighted by atomic mass is 35.5. The van der Waals surface area contributed by atoms with Crippen molar-refractivity contribution < 1.29 is 14.3 Å². The Morgan fingerprint density at radius 1 is 1.10 bits per heavy atom. The van der Waals surface area contributed by atoms with Gasteiger partial charge in [0.05, 0.1) is 29.8 Å². The van der Waals surface area contributed by atoms with Gasteiger partial charge < -0.3 is 19.9 Å².